The fourth-order valence-corrected chi connectivity index (χ4v) is 3.86. The lowest BCUT2D eigenvalue weighted by Crippen LogP contribution is -2.22. The number of hydrogen-bond acceptors (Lipinski definition) is 7. The van der Waals surface area contributed by atoms with Gasteiger partial charge in [0.15, 0.2) is 18.1 Å². The number of carbonyl (C=O) groups excluding carboxylic acids is 1. The number of esters is 1. The highest BCUT2D eigenvalue weighted by molar-refractivity contribution is 9.10. The third kappa shape index (κ3) is 6.15. The van der Waals surface area contributed by atoms with E-state index in [1.165, 1.54) is 18.0 Å². The zero-order valence-corrected chi connectivity index (χ0v) is 21.5. The molecule has 34 heavy (non-hydrogen) atoms. The van der Waals surface area contributed by atoms with Gasteiger partial charge in [-0.05, 0) is 49.2 Å². The second kappa shape index (κ2) is 12.0. The van der Waals surface area contributed by atoms with Crippen molar-refractivity contribution >= 4 is 50.6 Å². The summed E-state index contributed by atoms with van der Waals surface area (Å²) in [7, 11) is 1.46. The summed E-state index contributed by atoms with van der Waals surface area (Å²) in [6.07, 6.45) is 3.94. The number of halogens is 2. The molecule has 0 saturated carbocycles. The van der Waals surface area contributed by atoms with Gasteiger partial charge in [-0.3, -0.25) is 4.79 Å². The van der Waals surface area contributed by atoms with Crippen LogP contribution in [0.4, 0.5) is 0 Å². The van der Waals surface area contributed by atoms with Crippen LogP contribution in [0.1, 0.15) is 38.1 Å². The number of benzene rings is 2. The van der Waals surface area contributed by atoms with Crippen LogP contribution in [0.5, 0.6) is 11.5 Å². The van der Waals surface area contributed by atoms with Gasteiger partial charge in [0.05, 0.1) is 35.9 Å². The highest BCUT2D eigenvalue weighted by atomic mass is 79.9. The number of rotatable bonds is 10. The van der Waals surface area contributed by atoms with Gasteiger partial charge in [-0.15, -0.1) is 0 Å². The molecule has 1 heterocycles. The Morgan fingerprint density at radius 3 is 2.76 bits per heavy atom. The minimum absolute atomic E-state index is 0.215. The summed E-state index contributed by atoms with van der Waals surface area (Å²) in [6.45, 7) is 3.74. The number of methoxy groups -OCH3 is 1. The van der Waals surface area contributed by atoms with Gasteiger partial charge >= 0.3 is 5.97 Å². The maximum Gasteiger partial charge on any atom is 0.344 e. The molecule has 0 amide bonds. The zero-order valence-electron chi connectivity index (χ0n) is 19.1. The van der Waals surface area contributed by atoms with Gasteiger partial charge in [-0.2, -0.15) is 9.78 Å². The molecule has 0 bridgehead atoms. The van der Waals surface area contributed by atoms with E-state index in [0.717, 1.165) is 17.3 Å². The number of carbonyl (C=O) groups is 1. The Bertz CT molecular complexity index is 1280. The molecule has 0 aliphatic rings. The molecule has 0 radical (unpaired) electrons. The predicted octanol–water partition coefficient (Wildman–Crippen LogP) is 4.99. The fraction of sp³-hybridized carbons (Fsp3) is 0.333. The minimum atomic E-state index is -0.513. The molecule has 0 aliphatic carbocycles. The van der Waals surface area contributed by atoms with Gasteiger partial charge in [0.25, 0.3) is 5.56 Å². The Kier molecular flexibility index (Phi) is 9.06. The molecule has 0 N–H and O–H groups in total. The van der Waals surface area contributed by atoms with Crippen molar-refractivity contribution in [3.63, 3.8) is 0 Å². The maximum atomic E-state index is 13.2. The Labute approximate surface area is 210 Å². The maximum absolute atomic E-state index is 13.2. The van der Waals surface area contributed by atoms with Crippen molar-refractivity contribution < 1.29 is 19.0 Å². The third-order valence-electron chi connectivity index (χ3n) is 4.84. The molecule has 0 aliphatic heterocycles. The van der Waals surface area contributed by atoms with Crippen LogP contribution in [0.25, 0.3) is 10.9 Å². The first-order valence-corrected chi connectivity index (χ1v) is 12.0. The normalized spacial score (nSPS) is 11.2. The predicted molar refractivity (Wildman–Crippen MR) is 135 cm³/mol. The minimum Gasteiger partial charge on any atom is -0.493 e. The first-order chi connectivity index (χ1) is 16.4. The van der Waals surface area contributed by atoms with E-state index in [9.17, 15) is 9.59 Å². The molecule has 10 heteroatoms. The van der Waals surface area contributed by atoms with Crippen molar-refractivity contribution in [2.24, 2.45) is 5.10 Å². The number of unbranched alkanes of at least 4 members (excludes halogenated alkanes) is 1. The standard InChI is InChI=1S/C24H25BrClN3O5/c1-4-6-7-21-28-19-9-8-16(25)12-17(19)24(31)29(21)27-13-15-10-18(26)23(20(11-15)32-3)34-14-22(30)33-5-2/h8-13H,4-7,14H2,1-3H3. The molecular formula is C24H25BrClN3O5. The summed E-state index contributed by atoms with van der Waals surface area (Å²) >= 11 is 9.78. The molecule has 0 saturated heterocycles. The van der Waals surface area contributed by atoms with Crippen molar-refractivity contribution in [2.75, 3.05) is 20.3 Å². The van der Waals surface area contributed by atoms with E-state index < -0.39 is 5.97 Å². The fourth-order valence-electron chi connectivity index (χ4n) is 3.22. The molecule has 8 nitrogen and oxygen atoms in total. The topological polar surface area (TPSA) is 92.0 Å². The summed E-state index contributed by atoms with van der Waals surface area (Å²) in [6, 6.07) is 8.65. The number of ether oxygens (including phenoxy) is 3. The first-order valence-electron chi connectivity index (χ1n) is 10.8. The highest BCUT2D eigenvalue weighted by Crippen LogP contribution is 2.36. The van der Waals surface area contributed by atoms with Gasteiger partial charge in [-0.25, -0.2) is 9.78 Å². The Morgan fingerprint density at radius 2 is 2.06 bits per heavy atom. The van der Waals surface area contributed by atoms with E-state index in [4.69, 9.17) is 25.8 Å². The van der Waals surface area contributed by atoms with Gasteiger partial charge < -0.3 is 14.2 Å². The Morgan fingerprint density at radius 1 is 1.26 bits per heavy atom. The number of aryl methyl sites for hydroxylation is 1. The SMILES string of the molecule is CCCCc1nc2ccc(Br)cc2c(=O)n1N=Cc1cc(Cl)c(OCC(=O)OCC)c(OC)c1. The van der Waals surface area contributed by atoms with E-state index in [2.05, 4.69) is 32.9 Å². The quantitative estimate of drug-likeness (QED) is 0.261. The van der Waals surface area contributed by atoms with Gasteiger partial charge in [-0.1, -0.05) is 40.9 Å². The van der Waals surface area contributed by atoms with Crippen LogP contribution in [0, 0.1) is 0 Å². The third-order valence-corrected chi connectivity index (χ3v) is 5.62. The molecule has 3 rings (SSSR count). The number of fused-ring (bicyclic) bond motifs is 1. The molecule has 2 aromatic carbocycles. The second-order valence-corrected chi connectivity index (χ2v) is 8.61. The Balaban J connectivity index is 1.98. The average molecular weight is 551 g/mol. The van der Waals surface area contributed by atoms with E-state index in [1.807, 2.05) is 12.1 Å². The van der Waals surface area contributed by atoms with Gasteiger partial charge in [0.2, 0.25) is 0 Å². The van der Waals surface area contributed by atoms with Crippen LogP contribution in [-0.4, -0.2) is 42.2 Å². The monoisotopic (exact) mass is 549 g/mol. The largest absolute Gasteiger partial charge is 0.493 e. The summed E-state index contributed by atoms with van der Waals surface area (Å²) in [5.41, 5.74) is 0.938. The van der Waals surface area contributed by atoms with Crippen LogP contribution in [0.15, 0.2) is 44.7 Å². The van der Waals surface area contributed by atoms with E-state index in [1.54, 1.807) is 25.1 Å². The Hall–Kier alpha value is -2.91. The van der Waals surface area contributed by atoms with Gasteiger partial charge in [0.1, 0.15) is 5.82 Å². The molecular weight excluding hydrogens is 526 g/mol. The molecule has 0 unspecified atom stereocenters. The lowest BCUT2D eigenvalue weighted by atomic mass is 10.2. The number of hydrogen-bond donors (Lipinski definition) is 0. The molecule has 3 aromatic rings. The van der Waals surface area contributed by atoms with E-state index in [0.29, 0.717) is 34.5 Å². The smallest absolute Gasteiger partial charge is 0.344 e. The summed E-state index contributed by atoms with van der Waals surface area (Å²) in [5, 5.41) is 5.11. The number of aromatic nitrogens is 2. The lowest BCUT2D eigenvalue weighted by Gasteiger charge is -2.13. The van der Waals surface area contributed by atoms with Crippen molar-refractivity contribution in [2.45, 2.75) is 33.1 Å². The van der Waals surface area contributed by atoms with Crippen LogP contribution in [0.3, 0.4) is 0 Å². The highest BCUT2D eigenvalue weighted by Gasteiger charge is 2.15. The average Bonchev–Trinajstić information content (AvgIpc) is 2.81. The van der Waals surface area contributed by atoms with Gasteiger partial charge in [0, 0.05) is 10.9 Å². The van der Waals surface area contributed by atoms with Crippen LogP contribution < -0.4 is 15.0 Å². The van der Waals surface area contributed by atoms with Crippen molar-refractivity contribution in [3.05, 3.63) is 61.6 Å². The number of nitrogens with zero attached hydrogens (tertiary/aromatic N) is 3. The molecule has 0 fully saturated rings. The second-order valence-electron chi connectivity index (χ2n) is 7.28. The van der Waals surface area contributed by atoms with Crippen LogP contribution in [0.2, 0.25) is 5.02 Å². The molecule has 0 spiro atoms. The van der Waals surface area contributed by atoms with Crippen LogP contribution in [-0.2, 0) is 16.0 Å². The summed E-state index contributed by atoms with van der Waals surface area (Å²) in [5.74, 6) is 0.593. The van der Waals surface area contributed by atoms with Crippen molar-refractivity contribution in [1.29, 1.82) is 0 Å². The summed E-state index contributed by atoms with van der Waals surface area (Å²) in [4.78, 5) is 29.5. The lowest BCUT2D eigenvalue weighted by molar-refractivity contribution is -0.145. The first kappa shape index (κ1) is 25.7. The zero-order chi connectivity index (χ0) is 24.7. The van der Waals surface area contributed by atoms with Crippen LogP contribution >= 0.6 is 27.5 Å². The van der Waals surface area contributed by atoms with Crippen molar-refractivity contribution in [3.8, 4) is 11.5 Å². The van der Waals surface area contributed by atoms with E-state index >= 15 is 0 Å². The van der Waals surface area contributed by atoms with E-state index in [-0.39, 0.29) is 29.5 Å². The molecule has 180 valence electrons. The summed E-state index contributed by atoms with van der Waals surface area (Å²) < 4.78 is 17.8. The molecule has 0 atom stereocenters. The van der Waals surface area contributed by atoms with Crippen molar-refractivity contribution in [1.82, 2.24) is 9.66 Å². The molecule has 1 aromatic heterocycles.